The number of rotatable bonds is 4. The normalized spacial score (nSPS) is 19.6. The Morgan fingerprint density at radius 2 is 2.12 bits per heavy atom. The molecular formula is C18H23N5O3. The summed E-state index contributed by atoms with van der Waals surface area (Å²) < 4.78 is 3.08. The maximum atomic E-state index is 12.7. The molecule has 1 fully saturated rings. The van der Waals surface area contributed by atoms with Crippen LogP contribution in [0.4, 0.5) is 0 Å². The smallest absolute Gasteiger partial charge is 0.251 e. The molecule has 1 saturated heterocycles. The van der Waals surface area contributed by atoms with Gasteiger partial charge in [-0.3, -0.25) is 19.1 Å². The maximum Gasteiger partial charge on any atom is 0.251 e. The summed E-state index contributed by atoms with van der Waals surface area (Å²) in [7, 11) is 3.42. The zero-order chi connectivity index (χ0) is 18.8. The van der Waals surface area contributed by atoms with Crippen LogP contribution in [0.1, 0.15) is 17.0 Å². The van der Waals surface area contributed by atoms with Gasteiger partial charge in [-0.1, -0.05) is 0 Å². The average Bonchev–Trinajstić information content (AvgIpc) is 3.23. The molecule has 26 heavy (non-hydrogen) atoms. The molecule has 0 aromatic carbocycles. The van der Waals surface area contributed by atoms with Crippen molar-refractivity contribution in [3.63, 3.8) is 0 Å². The van der Waals surface area contributed by atoms with Gasteiger partial charge in [-0.25, -0.2) is 0 Å². The van der Waals surface area contributed by atoms with Crippen LogP contribution in [0, 0.1) is 12.8 Å². The molecule has 2 amide bonds. The fraction of sp³-hybridized carbons (Fsp3) is 0.444. The lowest BCUT2D eigenvalue weighted by molar-refractivity contribution is -0.131. The van der Waals surface area contributed by atoms with Gasteiger partial charge < -0.3 is 14.8 Å². The Kier molecular flexibility index (Phi) is 4.92. The van der Waals surface area contributed by atoms with Crippen LogP contribution in [0.2, 0.25) is 0 Å². The number of nitrogens with zero attached hydrogens (tertiary/aromatic N) is 4. The van der Waals surface area contributed by atoms with Gasteiger partial charge in [-0.15, -0.1) is 0 Å². The number of carbonyl (C=O) groups is 2. The first-order valence-corrected chi connectivity index (χ1v) is 8.54. The first-order valence-electron chi connectivity index (χ1n) is 8.54. The van der Waals surface area contributed by atoms with Gasteiger partial charge in [-0.2, -0.15) is 5.10 Å². The van der Waals surface area contributed by atoms with Crippen LogP contribution >= 0.6 is 0 Å². The van der Waals surface area contributed by atoms with Crippen LogP contribution < -0.4 is 10.9 Å². The second-order valence-corrected chi connectivity index (χ2v) is 6.74. The Morgan fingerprint density at radius 3 is 2.73 bits per heavy atom. The Bertz CT molecular complexity index is 885. The molecule has 8 nitrogen and oxygen atoms in total. The highest BCUT2D eigenvalue weighted by molar-refractivity contribution is 5.83. The number of aryl methyl sites for hydroxylation is 2. The summed E-state index contributed by atoms with van der Waals surface area (Å²) in [4.78, 5) is 38.7. The first kappa shape index (κ1) is 17.9. The lowest BCUT2D eigenvalue weighted by Crippen LogP contribution is -2.36. The quantitative estimate of drug-likeness (QED) is 0.826. The third-order valence-electron chi connectivity index (χ3n) is 4.87. The second-order valence-electron chi connectivity index (χ2n) is 6.74. The molecule has 2 aromatic heterocycles. The van der Waals surface area contributed by atoms with Crippen LogP contribution in [-0.4, -0.2) is 51.2 Å². The number of hydrogen-bond donors (Lipinski definition) is 1. The number of aromatic nitrogens is 3. The Hall–Kier alpha value is -2.90. The van der Waals surface area contributed by atoms with E-state index in [-0.39, 0.29) is 35.8 Å². The number of carbonyl (C=O) groups excluding carboxylic acids is 2. The molecule has 138 valence electrons. The molecule has 0 saturated carbocycles. The van der Waals surface area contributed by atoms with Crippen LogP contribution in [-0.2, 0) is 23.2 Å². The molecular weight excluding hydrogens is 334 g/mol. The van der Waals surface area contributed by atoms with Gasteiger partial charge in [0.25, 0.3) is 5.56 Å². The highest BCUT2D eigenvalue weighted by Gasteiger charge is 2.40. The largest absolute Gasteiger partial charge is 0.359 e. The number of hydrogen-bond acceptors (Lipinski definition) is 4. The highest BCUT2D eigenvalue weighted by atomic mass is 16.2. The average molecular weight is 357 g/mol. The standard InChI is InChI=1S/C18H23N5O3/c1-12-4-5-22(16(24)6-12)11-17(25)23-9-14(13-7-20-21(3)8-13)15(10-23)18(26)19-2/h4-8,14-15H,9-11H2,1-3H3,(H,19,26)/t14-,15+/m1/s1. The van der Waals surface area contributed by atoms with Gasteiger partial charge in [0, 0.05) is 51.6 Å². The van der Waals surface area contributed by atoms with E-state index in [9.17, 15) is 14.4 Å². The van der Waals surface area contributed by atoms with E-state index in [0.29, 0.717) is 13.1 Å². The molecule has 1 aliphatic heterocycles. The molecule has 1 N–H and O–H groups in total. The molecule has 0 unspecified atom stereocenters. The van der Waals surface area contributed by atoms with E-state index >= 15 is 0 Å². The SMILES string of the molecule is CNC(=O)[C@H]1CN(C(=O)Cn2ccc(C)cc2=O)C[C@@H]1c1cnn(C)c1. The Balaban J connectivity index is 1.79. The van der Waals surface area contributed by atoms with E-state index in [1.807, 2.05) is 20.2 Å². The van der Waals surface area contributed by atoms with E-state index in [4.69, 9.17) is 0 Å². The monoisotopic (exact) mass is 357 g/mol. The van der Waals surface area contributed by atoms with E-state index in [0.717, 1.165) is 11.1 Å². The van der Waals surface area contributed by atoms with Crippen molar-refractivity contribution >= 4 is 11.8 Å². The van der Waals surface area contributed by atoms with Crippen molar-refractivity contribution in [2.24, 2.45) is 13.0 Å². The van der Waals surface area contributed by atoms with Crippen LogP contribution in [0.5, 0.6) is 0 Å². The zero-order valence-electron chi connectivity index (χ0n) is 15.2. The first-order chi connectivity index (χ1) is 12.4. The predicted octanol–water partition coefficient (Wildman–Crippen LogP) is -0.122. The van der Waals surface area contributed by atoms with Crippen LogP contribution in [0.15, 0.2) is 35.5 Å². The molecule has 0 spiro atoms. The summed E-state index contributed by atoms with van der Waals surface area (Å²) >= 11 is 0. The minimum atomic E-state index is -0.331. The van der Waals surface area contributed by atoms with Crippen molar-refractivity contribution in [2.45, 2.75) is 19.4 Å². The Labute approximate surface area is 151 Å². The van der Waals surface area contributed by atoms with Gasteiger partial charge in [-0.05, 0) is 24.1 Å². The topological polar surface area (TPSA) is 89.2 Å². The predicted molar refractivity (Wildman–Crippen MR) is 95.5 cm³/mol. The van der Waals surface area contributed by atoms with Crippen molar-refractivity contribution in [3.05, 3.63) is 52.2 Å². The minimum absolute atomic E-state index is 0.0284. The van der Waals surface area contributed by atoms with Gasteiger partial charge in [0.1, 0.15) is 6.54 Å². The number of amides is 2. The fourth-order valence-corrected chi connectivity index (χ4v) is 3.41. The summed E-state index contributed by atoms with van der Waals surface area (Å²) in [6.07, 6.45) is 5.23. The minimum Gasteiger partial charge on any atom is -0.359 e. The summed E-state index contributed by atoms with van der Waals surface area (Å²) in [5.41, 5.74) is 1.59. The summed E-state index contributed by atoms with van der Waals surface area (Å²) in [5, 5.41) is 6.85. The molecule has 0 aliphatic carbocycles. The van der Waals surface area contributed by atoms with Crippen molar-refractivity contribution in [1.82, 2.24) is 24.6 Å². The van der Waals surface area contributed by atoms with Gasteiger partial charge in [0.05, 0.1) is 12.1 Å². The third-order valence-corrected chi connectivity index (χ3v) is 4.87. The van der Waals surface area contributed by atoms with Crippen LogP contribution in [0.3, 0.4) is 0 Å². The highest BCUT2D eigenvalue weighted by Crippen LogP contribution is 2.32. The van der Waals surface area contributed by atoms with Crippen LogP contribution in [0.25, 0.3) is 0 Å². The molecule has 1 aliphatic rings. The molecule has 8 heteroatoms. The van der Waals surface area contributed by atoms with E-state index in [2.05, 4.69) is 10.4 Å². The maximum absolute atomic E-state index is 12.7. The zero-order valence-corrected chi connectivity index (χ0v) is 15.2. The van der Waals surface area contributed by atoms with Crippen molar-refractivity contribution in [3.8, 4) is 0 Å². The lowest BCUT2D eigenvalue weighted by atomic mass is 9.90. The summed E-state index contributed by atoms with van der Waals surface area (Å²) in [5.74, 6) is -0.705. The molecule has 0 bridgehead atoms. The summed E-state index contributed by atoms with van der Waals surface area (Å²) in [6.45, 7) is 2.57. The molecule has 3 rings (SSSR count). The van der Waals surface area contributed by atoms with Crippen molar-refractivity contribution in [2.75, 3.05) is 20.1 Å². The number of likely N-dealkylation sites (tertiary alicyclic amines) is 1. The number of nitrogens with one attached hydrogen (secondary N) is 1. The second kappa shape index (κ2) is 7.15. The van der Waals surface area contributed by atoms with Gasteiger partial charge in [0.2, 0.25) is 11.8 Å². The van der Waals surface area contributed by atoms with Crippen molar-refractivity contribution < 1.29 is 9.59 Å². The molecule has 0 radical (unpaired) electrons. The molecule has 3 heterocycles. The van der Waals surface area contributed by atoms with E-state index in [1.54, 1.807) is 35.1 Å². The third kappa shape index (κ3) is 3.54. The fourth-order valence-electron chi connectivity index (χ4n) is 3.41. The molecule has 2 atom stereocenters. The number of pyridine rings is 1. The van der Waals surface area contributed by atoms with Gasteiger partial charge >= 0.3 is 0 Å². The van der Waals surface area contributed by atoms with E-state index in [1.165, 1.54) is 10.6 Å². The Morgan fingerprint density at radius 1 is 1.35 bits per heavy atom. The summed E-state index contributed by atoms with van der Waals surface area (Å²) in [6, 6.07) is 3.30. The molecule has 2 aromatic rings. The van der Waals surface area contributed by atoms with Crippen molar-refractivity contribution in [1.29, 1.82) is 0 Å². The van der Waals surface area contributed by atoms with Gasteiger partial charge in [0.15, 0.2) is 0 Å². The van der Waals surface area contributed by atoms with E-state index < -0.39 is 0 Å². The lowest BCUT2D eigenvalue weighted by Gasteiger charge is -2.17.